The molecule has 1 unspecified atom stereocenters. The van der Waals surface area contributed by atoms with E-state index in [0.29, 0.717) is 26.2 Å². The van der Waals surface area contributed by atoms with Gasteiger partial charge in [0.15, 0.2) is 0 Å². The molecule has 1 atom stereocenters. The minimum atomic E-state index is -1.54. The molecule has 3 aromatic carbocycles. The first-order valence-electron chi connectivity index (χ1n) is 12.4. The second-order valence-electron chi connectivity index (χ2n) is 9.68. The lowest BCUT2D eigenvalue weighted by Crippen LogP contribution is -2.55. The number of benzene rings is 3. The molecule has 0 radical (unpaired) electrons. The first-order chi connectivity index (χ1) is 18.2. The third kappa shape index (κ3) is 6.39. The number of nitrogens with zero attached hydrogens (tertiary/aromatic N) is 2. The van der Waals surface area contributed by atoms with E-state index in [9.17, 15) is 19.5 Å². The summed E-state index contributed by atoms with van der Waals surface area (Å²) in [5, 5.41) is 12.2. The minimum absolute atomic E-state index is 0.0671. The zero-order valence-electron chi connectivity index (χ0n) is 21.1. The largest absolute Gasteiger partial charge is 0.478 e. The Hall–Kier alpha value is -3.72. The highest BCUT2D eigenvalue weighted by atomic mass is 35.5. The lowest BCUT2D eigenvalue weighted by atomic mass is 9.95. The highest BCUT2D eigenvalue weighted by Gasteiger charge is 2.35. The number of carboxylic acid groups (broad SMARTS) is 1. The highest BCUT2D eigenvalue weighted by Crippen LogP contribution is 2.30. The van der Waals surface area contributed by atoms with Crippen LogP contribution in [0.5, 0.6) is 0 Å². The molecule has 0 spiro atoms. The summed E-state index contributed by atoms with van der Waals surface area (Å²) in [6.07, 6.45) is -0.213. The molecule has 1 heterocycles. The Bertz CT molecular complexity index is 1250. The first kappa shape index (κ1) is 27.3. The molecule has 0 aromatic heterocycles. The Balaban J connectivity index is 1.40. The number of hydrogen-bond donors (Lipinski definition) is 3. The van der Waals surface area contributed by atoms with Gasteiger partial charge in [-0.15, -0.1) is 0 Å². The Kier molecular flexibility index (Phi) is 8.46. The normalized spacial score (nSPS) is 15.6. The van der Waals surface area contributed by atoms with Crippen molar-refractivity contribution < 1.29 is 19.5 Å². The van der Waals surface area contributed by atoms with E-state index in [0.717, 1.165) is 0 Å². The van der Waals surface area contributed by atoms with E-state index >= 15 is 0 Å². The lowest BCUT2D eigenvalue weighted by Gasteiger charge is -2.40. The van der Waals surface area contributed by atoms with Gasteiger partial charge < -0.3 is 21.1 Å². The SMILES string of the molecule is CC(N)(CC(=O)N1CCN(C(c2ccccc2)c2ccccc2)CC1)C(=O)Nc1ccc(Cl)cc1C(=O)O. The number of aromatic carboxylic acids is 1. The van der Waals surface area contributed by atoms with E-state index < -0.39 is 17.4 Å². The van der Waals surface area contributed by atoms with Gasteiger partial charge in [0.1, 0.15) is 5.54 Å². The molecule has 1 aliphatic rings. The van der Waals surface area contributed by atoms with Crippen molar-refractivity contribution in [1.82, 2.24) is 9.80 Å². The number of carbonyl (C=O) groups excluding carboxylic acids is 2. The highest BCUT2D eigenvalue weighted by molar-refractivity contribution is 6.31. The number of hydrogen-bond acceptors (Lipinski definition) is 5. The van der Waals surface area contributed by atoms with E-state index in [4.69, 9.17) is 17.3 Å². The van der Waals surface area contributed by atoms with Gasteiger partial charge >= 0.3 is 5.97 Å². The van der Waals surface area contributed by atoms with Crippen molar-refractivity contribution in [2.24, 2.45) is 5.73 Å². The lowest BCUT2D eigenvalue weighted by molar-refractivity contribution is -0.137. The molecule has 4 rings (SSSR count). The molecule has 198 valence electrons. The summed E-state index contributed by atoms with van der Waals surface area (Å²) in [6.45, 7) is 3.81. The van der Waals surface area contributed by atoms with Crippen LogP contribution in [0.1, 0.15) is 40.9 Å². The number of anilines is 1. The van der Waals surface area contributed by atoms with Crippen LogP contribution in [0.25, 0.3) is 0 Å². The molecule has 1 saturated heterocycles. The summed E-state index contributed by atoms with van der Waals surface area (Å²) in [5.41, 5.74) is 7.00. The van der Waals surface area contributed by atoms with Crippen LogP contribution in [0, 0.1) is 0 Å². The van der Waals surface area contributed by atoms with Crippen molar-refractivity contribution in [3.8, 4) is 0 Å². The zero-order chi connectivity index (χ0) is 27.3. The number of nitrogens with one attached hydrogen (secondary N) is 1. The number of carbonyl (C=O) groups is 3. The van der Waals surface area contributed by atoms with Crippen molar-refractivity contribution >= 4 is 35.1 Å². The first-order valence-corrected chi connectivity index (χ1v) is 12.8. The van der Waals surface area contributed by atoms with Crippen molar-refractivity contribution in [2.45, 2.75) is 24.9 Å². The predicted octanol–water partition coefficient (Wildman–Crippen LogP) is 4.02. The smallest absolute Gasteiger partial charge is 0.337 e. The van der Waals surface area contributed by atoms with E-state index in [2.05, 4.69) is 34.5 Å². The average molecular weight is 535 g/mol. The number of rotatable bonds is 8. The quantitative estimate of drug-likeness (QED) is 0.402. The van der Waals surface area contributed by atoms with Crippen LogP contribution < -0.4 is 11.1 Å². The maximum Gasteiger partial charge on any atom is 0.337 e. The van der Waals surface area contributed by atoms with Gasteiger partial charge in [-0.2, -0.15) is 0 Å². The second-order valence-corrected chi connectivity index (χ2v) is 10.1. The molecule has 1 aliphatic heterocycles. The summed E-state index contributed by atoms with van der Waals surface area (Å²) in [6, 6.07) is 24.8. The topological polar surface area (TPSA) is 116 Å². The molecule has 0 bridgehead atoms. The minimum Gasteiger partial charge on any atom is -0.478 e. The van der Waals surface area contributed by atoms with E-state index in [1.165, 1.54) is 36.2 Å². The molecule has 0 saturated carbocycles. The Morgan fingerprint density at radius 1 is 0.947 bits per heavy atom. The summed E-state index contributed by atoms with van der Waals surface area (Å²) in [4.78, 5) is 41.7. The standard InChI is InChI=1S/C29H31ClN4O4/c1-29(31,28(38)32-24-13-12-22(30)18-23(24)27(36)37)19-25(35)33-14-16-34(17-15-33)26(20-8-4-2-5-9-20)21-10-6-3-7-11-21/h2-13,18,26H,14-17,19,31H2,1H3,(H,32,38)(H,36,37). The molecule has 8 nitrogen and oxygen atoms in total. The van der Waals surface area contributed by atoms with Gasteiger partial charge in [0, 0.05) is 31.2 Å². The van der Waals surface area contributed by atoms with Gasteiger partial charge in [-0.3, -0.25) is 14.5 Å². The zero-order valence-corrected chi connectivity index (χ0v) is 21.9. The monoisotopic (exact) mass is 534 g/mol. The third-order valence-electron chi connectivity index (χ3n) is 6.76. The van der Waals surface area contributed by atoms with Crippen LogP contribution in [0.15, 0.2) is 78.9 Å². The summed E-state index contributed by atoms with van der Waals surface area (Å²) < 4.78 is 0. The van der Waals surface area contributed by atoms with Gasteiger partial charge in [-0.1, -0.05) is 72.3 Å². The van der Waals surface area contributed by atoms with Gasteiger partial charge in [-0.05, 0) is 36.2 Å². The van der Waals surface area contributed by atoms with Crippen LogP contribution >= 0.6 is 11.6 Å². The Morgan fingerprint density at radius 3 is 2.03 bits per heavy atom. The predicted molar refractivity (Wildman–Crippen MR) is 147 cm³/mol. The molecule has 3 aromatic rings. The average Bonchev–Trinajstić information content (AvgIpc) is 2.91. The molecule has 4 N–H and O–H groups in total. The molecule has 9 heteroatoms. The maximum absolute atomic E-state index is 13.1. The third-order valence-corrected chi connectivity index (χ3v) is 7.00. The van der Waals surface area contributed by atoms with Gasteiger partial charge in [0.2, 0.25) is 11.8 Å². The molecule has 0 aliphatic carbocycles. The molecular formula is C29H31ClN4O4. The van der Waals surface area contributed by atoms with Crippen molar-refractivity contribution in [3.63, 3.8) is 0 Å². The van der Waals surface area contributed by atoms with E-state index in [1.54, 1.807) is 4.90 Å². The fourth-order valence-corrected chi connectivity index (χ4v) is 4.86. The Morgan fingerprint density at radius 2 is 1.50 bits per heavy atom. The fourth-order valence-electron chi connectivity index (χ4n) is 4.69. The number of piperazine rings is 1. The molecule has 2 amide bonds. The summed E-state index contributed by atoms with van der Waals surface area (Å²) >= 11 is 5.89. The summed E-state index contributed by atoms with van der Waals surface area (Å²) in [7, 11) is 0. The molecular weight excluding hydrogens is 504 g/mol. The van der Waals surface area contributed by atoms with Gasteiger partial charge in [-0.25, -0.2) is 4.79 Å². The number of halogens is 1. The maximum atomic E-state index is 13.1. The number of amides is 2. The van der Waals surface area contributed by atoms with Crippen LogP contribution in [0.4, 0.5) is 5.69 Å². The van der Waals surface area contributed by atoms with Crippen LogP contribution in [-0.4, -0.2) is 64.4 Å². The number of carboxylic acids is 1. The van der Waals surface area contributed by atoms with E-state index in [-0.39, 0.29) is 34.6 Å². The van der Waals surface area contributed by atoms with Crippen molar-refractivity contribution in [2.75, 3.05) is 31.5 Å². The van der Waals surface area contributed by atoms with Gasteiger partial charge in [0.25, 0.3) is 0 Å². The van der Waals surface area contributed by atoms with E-state index in [1.807, 2.05) is 36.4 Å². The number of nitrogens with two attached hydrogens (primary N) is 1. The van der Waals surface area contributed by atoms with Crippen LogP contribution in [0.3, 0.4) is 0 Å². The van der Waals surface area contributed by atoms with Crippen molar-refractivity contribution in [1.29, 1.82) is 0 Å². The fraction of sp³-hybridized carbons (Fsp3) is 0.276. The van der Waals surface area contributed by atoms with Gasteiger partial charge in [0.05, 0.1) is 23.7 Å². The summed E-state index contributed by atoms with van der Waals surface area (Å²) in [5.74, 6) is -2.11. The second kappa shape index (κ2) is 11.8. The van der Waals surface area contributed by atoms with Crippen molar-refractivity contribution in [3.05, 3.63) is 101 Å². The van der Waals surface area contributed by atoms with Crippen LogP contribution in [0.2, 0.25) is 5.02 Å². The van der Waals surface area contributed by atoms with Crippen LogP contribution in [-0.2, 0) is 9.59 Å². The molecule has 1 fully saturated rings. The Labute approximate surface area is 227 Å². The molecule has 38 heavy (non-hydrogen) atoms.